The highest BCUT2D eigenvalue weighted by Gasteiger charge is 2.29. The summed E-state index contributed by atoms with van der Waals surface area (Å²) in [6.45, 7) is 3.58. The monoisotopic (exact) mass is 497 g/mol. The lowest BCUT2D eigenvalue weighted by Gasteiger charge is -2.36. The molecule has 1 heterocycles. The van der Waals surface area contributed by atoms with Crippen LogP contribution in [0.4, 0.5) is 8.78 Å². The minimum absolute atomic E-state index is 0.147. The Kier molecular flexibility index (Phi) is 9.94. The SMILES string of the molecule is Fc1ccc(C(c2ccc(F)cc2)C2CCN(CCOc3ccccc3)CC2)cc1.O=C(O)C(=O)O. The summed E-state index contributed by atoms with van der Waals surface area (Å²) in [5.74, 6) is -2.62. The van der Waals surface area contributed by atoms with E-state index in [4.69, 9.17) is 24.5 Å². The fraction of sp³-hybridized carbons (Fsp3) is 0.286. The number of hydrogen-bond donors (Lipinski definition) is 2. The summed E-state index contributed by atoms with van der Waals surface area (Å²) in [7, 11) is 0. The number of aliphatic carboxylic acids is 2. The molecule has 1 aliphatic rings. The van der Waals surface area contributed by atoms with Gasteiger partial charge in [0.2, 0.25) is 0 Å². The zero-order valence-corrected chi connectivity index (χ0v) is 19.7. The van der Waals surface area contributed by atoms with Crippen molar-refractivity contribution < 1.29 is 33.3 Å². The molecule has 0 saturated carbocycles. The largest absolute Gasteiger partial charge is 0.492 e. The van der Waals surface area contributed by atoms with Crippen LogP contribution in [0.15, 0.2) is 78.9 Å². The second kappa shape index (κ2) is 13.3. The van der Waals surface area contributed by atoms with Gasteiger partial charge >= 0.3 is 11.9 Å². The molecule has 0 unspecified atom stereocenters. The van der Waals surface area contributed by atoms with Crippen LogP contribution < -0.4 is 4.74 Å². The molecule has 3 aromatic carbocycles. The maximum absolute atomic E-state index is 13.5. The number of carbonyl (C=O) groups is 2. The Morgan fingerprint density at radius 2 is 1.28 bits per heavy atom. The molecule has 0 bridgehead atoms. The maximum Gasteiger partial charge on any atom is 0.414 e. The minimum atomic E-state index is -1.82. The Hall–Kier alpha value is -3.78. The number of piperidine rings is 1. The van der Waals surface area contributed by atoms with Crippen molar-refractivity contribution in [3.8, 4) is 5.75 Å². The molecule has 0 aromatic heterocycles. The van der Waals surface area contributed by atoms with Gasteiger partial charge in [-0.05, 0) is 79.4 Å². The highest BCUT2D eigenvalue weighted by molar-refractivity contribution is 6.27. The van der Waals surface area contributed by atoms with Crippen LogP contribution in [0.5, 0.6) is 5.75 Å². The number of carboxylic acids is 2. The van der Waals surface area contributed by atoms with E-state index >= 15 is 0 Å². The van der Waals surface area contributed by atoms with Crippen LogP contribution in [0.2, 0.25) is 0 Å². The van der Waals surface area contributed by atoms with Gasteiger partial charge in [-0.2, -0.15) is 0 Å². The van der Waals surface area contributed by atoms with Gasteiger partial charge < -0.3 is 14.9 Å². The van der Waals surface area contributed by atoms with E-state index in [0.717, 1.165) is 49.4 Å². The molecule has 3 aromatic rings. The molecule has 0 atom stereocenters. The van der Waals surface area contributed by atoms with Gasteiger partial charge in [-0.1, -0.05) is 42.5 Å². The van der Waals surface area contributed by atoms with Crippen LogP contribution in [-0.4, -0.2) is 53.3 Å². The lowest BCUT2D eigenvalue weighted by atomic mass is 9.76. The van der Waals surface area contributed by atoms with Crippen LogP contribution in [0.25, 0.3) is 0 Å². The van der Waals surface area contributed by atoms with E-state index in [-0.39, 0.29) is 17.6 Å². The molecule has 190 valence electrons. The van der Waals surface area contributed by atoms with Crippen molar-refractivity contribution in [3.63, 3.8) is 0 Å². The average molecular weight is 498 g/mol. The molecule has 1 aliphatic heterocycles. The Balaban J connectivity index is 0.000000538. The second-order valence-electron chi connectivity index (χ2n) is 8.53. The predicted octanol–water partition coefficient (Wildman–Crippen LogP) is 5.04. The predicted molar refractivity (Wildman–Crippen MR) is 131 cm³/mol. The minimum Gasteiger partial charge on any atom is -0.492 e. The molecule has 1 saturated heterocycles. The lowest BCUT2D eigenvalue weighted by Crippen LogP contribution is -2.38. The van der Waals surface area contributed by atoms with Gasteiger partial charge in [-0.3, -0.25) is 4.90 Å². The topological polar surface area (TPSA) is 87.1 Å². The Labute approximate surface area is 208 Å². The van der Waals surface area contributed by atoms with Gasteiger partial charge in [0.15, 0.2) is 0 Å². The molecule has 4 rings (SSSR count). The number of carboxylic acid groups (broad SMARTS) is 2. The molecule has 2 N–H and O–H groups in total. The van der Waals surface area contributed by atoms with Crippen LogP contribution in [-0.2, 0) is 9.59 Å². The van der Waals surface area contributed by atoms with Crippen molar-refractivity contribution in [1.29, 1.82) is 0 Å². The normalized spacial score (nSPS) is 14.1. The number of para-hydroxylation sites is 1. The molecule has 8 heteroatoms. The van der Waals surface area contributed by atoms with Crippen molar-refractivity contribution >= 4 is 11.9 Å². The molecule has 0 spiro atoms. The summed E-state index contributed by atoms with van der Waals surface area (Å²) in [5.41, 5.74) is 2.18. The number of halogens is 2. The third-order valence-electron chi connectivity index (χ3n) is 6.16. The highest BCUT2D eigenvalue weighted by Crippen LogP contribution is 2.38. The van der Waals surface area contributed by atoms with E-state index in [1.807, 2.05) is 54.6 Å². The summed E-state index contributed by atoms with van der Waals surface area (Å²) >= 11 is 0. The first-order chi connectivity index (χ1) is 17.3. The third-order valence-corrected chi connectivity index (χ3v) is 6.16. The molecule has 0 amide bonds. The first-order valence-corrected chi connectivity index (χ1v) is 11.7. The summed E-state index contributed by atoms with van der Waals surface area (Å²) in [6.07, 6.45) is 2.09. The quantitative estimate of drug-likeness (QED) is 0.445. The van der Waals surface area contributed by atoms with Crippen LogP contribution in [0, 0.1) is 17.6 Å². The van der Waals surface area contributed by atoms with Crippen LogP contribution in [0.1, 0.15) is 29.9 Å². The molecular weight excluding hydrogens is 468 g/mol. The zero-order chi connectivity index (χ0) is 25.9. The fourth-order valence-corrected chi connectivity index (χ4v) is 4.40. The van der Waals surface area contributed by atoms with Gasteiger partial charge in [0.05, 0.1) is 0 Å². The molecule has 36 heavy (non-hydrogen) atoms. The summed E-state index contributed by atoms with van der Waals surface area (Å²) < 4.78 is 32.8. The molecule has 1 fully saturated rings. The van der Waals surface area contributed by atoms with E-state index < -0.39 is 11.9 Å². The van der Waals surface area contributed by atoms with E-state index in [1.54, 1.807) is 0 Å². The number of rotatable bonds is 7. The third kappa shape index (κ3) is 8.16. The van der Waals surface area contributed by atoms with Crippen LogP contribution >= 0.6 is 0 Å². The van der Waals surface area contributed by atoms with E-state index in [2.05, 4.69) is 4.90 Å². The molecule has 0 aliphatic carbocycles. The zero-order valence-electron chi connectivity index (χ0n) is 19.7. The van der Waals surface area contributed by atoms with Crippen molar-refractivity contribution in [2.75, 3.05) is 26.2 Å². The first kappa shape index (κ1) is 26.8. The smallest absolute Gasteiger partial charge is 0.414 e. The lowest BCUT2D eigenvalue weighted by molar-refractivity contribution is -0.159. The Bertz CT molecular complexity index is 1040. The van der Waals surface area contributed by atoms with Gasteiger partial charge in [0, 0.05) is 12.5 Å². The summed E-state index contributed by atoms with van der Waals surface area (Å²) in [4.78, 5) is 20.6. The number of ether oxygens (including phenoxy) is 1. The number of benzene rings is 3. The summed E-state index contributed by atoms with van der Waals surface area (Å²) in [6, 6.07) is 23.4. The van der Waals surface area contributed by atoms with Crippen molar-refractivity contribution in [2.24, 2.45) is 5.92 Å². The van der Waals surface area contributed by atoms with E-state index in [9.17, 15) is 8.78 Å². The van der Waals surface area contributed by atoms with Crippen molar-refractivity contribution in [1.82, 2.24) is 4.90 Å². The summed E-state index contributed by atoms with van der Waals surface area (Å²) in [5, 5.41) is 14.8. The van der Waals surface area contributed by atoms with Crippen molar-refractivity contribution in [2.45, 2.75) is 18.8 Å². The second-order valence-corrected chi connectivity index (χ2v) is 8.53. The van der Waals surface area contributed by atoms with Crippen molar-refractivity contribution in [3.05, 3.63) is 102 Å². The van der Waals surface area contributed by atoms with E-state index in [1.165, 1.54) is 24.3 Å². The Morgan fingerprint density at radius 3 is 1.72 bits per heavy atom. The van der Waals surface area contributed by atoms with Gasteiger partial charge in [-0.25, -0.2) is 18.4 Å². The average Bonchev–Trinajstić information content (AvgIpc) is 2.88. The van der Waals surface area contributed by atoms with E-state index in [0.29, 0.717) is 12.5 Å². The number of hydrogen-bond acceptors (Lipinski definition) is 4. The molecule has 6 nitrogen and oxygen atoms in total. The number of nitrogens with zero attached hydrogens (tertiary/aromatic N) is 1. The van der Waals surface area contributed by atoms with Crippen LogP contribution in [0.3, 0.4) is 0 Å². The fourth-order valence-electron chi connectivity index (χ4n) is 4.40. The van der Waals surface area contributed by atoms with Gasteiger partial charge in [0.1, 0.15) is 24.0 Å². The molecule has 0 radical (unpaired) electrons. The van der Waals surface area contributed by atoms with Gasteiger partial charge in [0.25, 0.3) is 0 Å². The Morgan fingerprint density at radius 1 is 0.806 bits per heavy atom. The first-order valence-electron chi connectivity index (χ1n) is 11.7. The number of likely N-dealkylation sites (tertiary alicyclic amines) is 1. The van der Waals surface area contributed by atoms with Gasteiger partial charge in [-0.15, -0.1) is 0 Å². The standard InChI is InChI=1S/C26H27F2NO.C2H2O4/c27-23-10-6-20(7-11-23)26(21-8-12-24(28)13-9-21)22-14-16-29(17-15-22)18-19-30-25-4-2-1-3-5-25;3-1(4)2(5)6/h1-13,22,26H,14-19H2;(H,3,4)(H,5,6). The highest BCUT2D eigenvalue weighted by atomic mass is 19.1. The molecular formula is C28H29F2NO5. The maximum atomic E-state index is 13.5.